The molecule has 2 unspecified atom stereocenters. The lowest BCUT2D eigenvalue weighted by molar-refractivity contribution is -0.145. The van der Waals surface area contributed by atoms with E-state index in [1.807, 2.05) is 0 Å². The van der Waals surface area contributed by atoms with Gasteiger partial charge in [-0.25, -0.2) is 24.1 Å². The van der Waals surface area contributed by atoms with Crippen LogP contribution in [-0.4, -0.2) is 33.5 Å². The van der Waals surface area contributed by atoms with Crippen LogP contribution in [0.25, 0.3) is 0 Å². The molecule has 3 aromatic rings. The molecule has 1 saturated heterocycles. The highest BCUT2D eigenvalue weighted by molar-refractivity contribution is 5.94. The molecule has 0 saturated carbocycles. The topological polar surface area (TPSA) is 72.4 Å². The molecular weight excluding hydrogens is 442 g/mol. The molecular formula is C23H17F4N3O3. The Morgan fingerprint density at radius 2 is 1.67 bits per heavy atom. The number of benzene rings is 2. The van der Waals surface area contributed by atoms with Crippen LogP contribution in [0, 0.1) is 5.82 Å². The quantitative estimate of drug-likeness (QED) is 0.509. The van der Waals surface area contributed by atoms with Crippen LogP contribution in [0.3, 0.4) is 0 Å². The molecule has 2 amide bonds. The van der Waals surface area contributed by atoms with Crippen molar-refractivity contribution in [2.75, 3.05) is 6.61 Å². The van der Waals surface area contributed by atoms with Crippen molar-refractivity contribution >= 4 is 12.0 Å². The van der Waals surface area contributed by atoms with E-state index in [2.05, 4.69) is 9.97 Å². The third kappa shape index (κ3) is 4.84. The number of aromatic nitrogens is 2. The van der Waals surface area contributed by atoms with Crippen LogP contribution in [0.1, 0.15) is 40.9 Å². The molecule has 0 N–H and O–H groups in total. The largest absolute Gasteiger partial charge is 0.451 e. The number of imide groups is 1. The Morgan fingerprint density at radius 3 is 2.27 bits per heavy atom. The third-order valence-electron chi connectivity index (χ3n) is 5.30. The average Bonchev–Trinajstić information content (AvgIpc) is 3.20. The van der Waals surface area contributed by atoms with Gasteiger partial charge in [0.2, 0.25) is 11.7 Å². The van der Waals surface area contributed by atoms with Gasteiger partial charge in [-0.05, 0) is 28.8 Å². The summed E-state index contributed by atoms with van der Waals surface area (Å²) in [5, 5.41) is 0. The summed E-state index contributed by atoms with van der Waals surface area (Å²) < 4.78 is 57.1. The second-order valence-corrected chi connectivity index (χ2v) is 7.41. The van der Waals surface area contributed by atoms with E-state index < -0.39 is 41.8 Å². The number of carbonyl (C=O) groups excluding carboxylic acids is 2. The van der Waals surface area contributed by atoms with Crippen molar-refractivity contribution < 1.29 is 31.9 Å². The maximum atomic E-state index is 13.4. The average molecular weight is 459 g/mol. The Labute approximate surface area is 185 Å². The first-order valence-corrected chi connectivity index (χ1v) is 9.92. The molecule has 2 atom stereocenters. The van der Waals surface area contributed by atoms with Crippen LogP contribution in [-0.2, 0) is 15.7 Å². The predicted octanol–water partition coefficient (Wildman–Crippen LogP) is 4.88. The molecule has 0 aliphatic carbocycles. The molecule has 1 aromatic heterocycles. The number of carbonyl (C=O) groups is 2. The zero-order valence-corrected chi connectivity index (χ0v) is 17.0. The van der Waals surface area contributed by atoms with Gasteiger partial charge in [0, 0.05) is 24.7 Å². The minimum absolute atomic E-state index is 0.0147. The molecule has 2 heterocycles. The van der Waals surface area contributed by atoms with Crippen molar-refractivity contribution in [2.24, 2.45) is 0 Å². The van der Waals surface area contributed by atoms with E-state index in [-0.39, 0.29) is 18.6 Å². The van der Waals surface area contributed by atoms with Gasteiger partial charge in [0.25, 0.3) is 0 Å². The molecule has 1 aliphatic heterocycles. The smallest absolute Gasteiger partial charge is 0.446 e. The zero-order chi connectivity index (χ0) is 23.6. The molecule has 1 aliphatic rings. The molecule has 170 valence electrons. The molecule has 6 nitrogen and oxygen atoms in total. The number of hydrogen-bond donors (Lipinski definition) is 0. The van der Waals surface area contributed by atoms with Crippen molar-refractivity contribution in [3.8, 4) is 0 Å². The van der Waals surface area contributed by atoms with E-state index in [1.165, 1.54) is 24.3 Å². The minimum Gasteiger partial charge on any atom is -0.446 e. The second kappa shape index (κ2) is 8.97. The van der Waals surface area contributed by atoms with E-state index in [4.69, 9.17) is 4.74 Å². The highest BCUT2D eigenvalue weighted by atomic mass is 19.4. The first kappa shape index (κ1) is 22.4. The lowest BCUT2D eigenvalue weighted by atomic mass is 9.89. The summed E-state index contributed by atoms with van der Waals surface area (Å²) in [5.74, 6) is -3.24. The molecule has 4 rings (SSSR count). The van der Waals surface area contributed by atoms with Gasteiger partial charge >= 0.3 is 12.3 Å². The summed E-state index contributed by atoms with van der Waals surface area (Å²) in [6, 6.07) is 13.4. The fraction of sp³-hybridized carbons (Fsp3) is 0.217. The summed E-state index contributed by atoms with van der Waals surface area (Å²) in [5.41, 5.74) is 1.37. The fourth-order valence-electron chi connectivity index (χ4n) is 3.68. The van der Waals surface area contributed by atoms with E-state index in [1.54, 1.807) is 30.3 Å². The Hall–Kier alpha value is -3.82. The number of amides is 2. The minimum atomic E-state index is -4.72. The molecule has 0 bridgehead atoms. The van der Waals surface area contributed by atoms with Crippen LogP contribution in [0.5, 0.6) is 0 Å². The van der Waals surface area contributed by atoms with Gasteiger partial charge in [-0.15, -0.1) is 0 Å². The highest BCUT2D eigenvalue weighted by Gasteiger charge is 2.40. The summed E-state index contributed by atoms with van der Waals surface area (Å²) in [4.78, 5) is 33.3. The van der Waals surface area contributed by atoms with Gasteiger partial charge in [0.15, 0.2) is 0 Å². The number of ether oxygens (including phenoxy) is 1. The van der Waals surface area contributed by atoms with Crippen molar-refractivity contribution in [1.82, 2.24) is 14.9 Å². The molecule has 1 fully saturated rings. The Balaban J connectivity index is 1.65. The zero-order valence-electron chi connectivity index (χ0n) is 17.0. The van der Waals surface area contributed by atoms with Crippen molar-refractivity contribution in [3.63, 3.8) is 0 Å². The first-order valence-electron chi connectivity index (χ1n) is 9.92. The SMILES string of the molecule is O=C(CC(c1ccc(F)cc1)c1cnc(C(F)(F)F)nc1)N1C(=O)OCC1c1ccccc1. The van der Waals surface area contributed by atoms with E-state index in [9.17, 15) is 27.2 Å². The van der Waals surface area contributed by atoms with E-state index in [0.717, 1.165) is 17.3 Å². The van der Waals surface area contributed by atoms with Crippen molar-refractivity contribution in [3.05, 3.63) is 95.3 Å². The summed E-state index contributed by atoms with van der Waals surface area (Å²) in [6.07, 6.45) is -3.86. The number of rotatable bonds is 5. The van der Waals surface area contributed by atoms with Gasteiger partial charge in [-0.2, -0.15) is 13.2 Å². The third-order valence-corrected chi connectivity index (χ3v) is 5.30. The van der Waals surface area contributed by atoms with E-state index in [0.29, 0.717) is 11.1 Å². The van der Waals surface area contributed by atoms with Gasteiger partial charge in [-0.3, -0.25) is 4.79 Å². The number of cyclic esters (lactones) is 1. The van der Waals surface area contributed by atoms with Crippen LogP contribution >= 0.6 is 0 Å². The summed E-state index contributed by atoms with van der Waals surface area (Å²) >= 11 is 0. The Kier molecular flexibility index (Phi) is 6.08. The molecule has 10 heteroatoms. The lowest BCUT2D eigenvalue weighted by Crippen LogP contribution is -2.35. The first-order chi connectivity index (χ1) is 15.7. The number of halogens is 4. The van der Waals surface area contributed by atoms with Crippen LogP contribution < -0.4 is 0 Å². The predicted molar refractivity (Wildman–Crippen MR) is 107 cm³/mol. The summed E-state index contributed by atoms with van der Waals surface area (Å²) in [7, 11) is 0. The van der Waals surface area contributed by atoms with Gasteiger partial charge in [0.05, 0.1) is 0 Å². The van der Waals surface area contributed by atoms with Crippen LogP contribution in [0.2, 0.25) is 0 Å². The highest BCUT2D eigenvalue weighted by Crippen LogP contribution is 2.34. The van der Waals surface area contributed by atoms with Crippen molar-refractivity contribution in [2.45, 2.75) is 24.6 Å². The monoisotopic (exact) mass is 459 g/mol. The summed E-state index contributed by atoms with van der Waals surface area (Å²) in [6.45, 7) is -0.0147. The molecule has 0 spiro atoms. The van der Waals surface area contributed by atoms with Gasteiger partial charge < -0.3 is 4.74 Å². The van der Waals surface area contributed by atoms with Crippen LogP contribution in [0.4, 0.5) is 22.4 Å². The maximum absolute atomic E-state index is 13.4. The molecule has 33 heavy (non-hydrogen) atoms. The van der Waals surface area contributed by atoms with Crippen molar-refractivity contribution in [1.29, 1.82) is 0 Å². The fourth-order valence-corrected chi connectivity index (χ4v) is 3.68. The van der Waals surface area contributed by atoms with Gasteiger partial charge in [0.1, 0.15) is 18.5 Å². The van der Waals surface area contributed by atoms with E-state index >= 15 is 0 Å². The van der Waals surface area contributed by atoms with Crippen LogP contribution in [0.15, 0.2) is 67.0 Å². The normalized spacial score (nSPS) is 17.0. The standard InChI is InChI=1S/C23H17F4N3O3/c24-17-8-6-14(7-9-17)18(16-11-28-21(29-12-16)23(25,26)27)10-20(31)30-19(13-33-22(30)32)15-4-2-1-3-5-15/h1-9,11-12,18-19H,10,13H2. The number of hydrogen-bond acceptors (Lipinski definition) is 5. The Morgan fingerprint density at radius 1 is 1.03 bits per heavy atom. The number of nitrogens with zero attached hydrogens (tertiary/aromatic N) is 3. The lowest BCUT2D eigenvalue weighted by Gasteiger charge is -2.23. The molecule has 2 aromatic carbocycles. The number of alkyl halides is 3. The molecule has 0 radical (unpaired) electrons. The second-order valence-electron chi connectivity index (χ2n) is 7.41. The maximum Gasteiger partial charge on any atom is 0.451 e. The Bertz CT molecular complexity index is 1140. The van der Waals surface area contributed by atoms with Gasteiger partial charge in [-0.1, -0.05) is 42.5 Å².